The van der Waals surface area contributed by atoms with E-state index >= 15 is 0 Å². The van der Waals surface area contributed by atoms with Crippen LogP contribution in [0.25, 0.3) is 0 Å². The fraction of sp³-hybridized carbons (Fsp3) is 0.478. The first-order valence-electron chi connectivity index (χ1n) is 10.8. The van der Waals surface area contributed by atoms with E-state index in [1.54, 1.807) is 7.05 Å². The lowest BCUT2D eigenvalue weighted by Crippen LogP contribution is -2.49. The molecule has 1 unspecified atom stereocenters. The number of ether oxygens (including phenoxy) is 1. The summed E-state index contributed by atoms with van der Waals surface area (Å²) in [6.45, 7) is 4.97. The van der Waals surface area contributed by atoms with Crippen molar-refractivity contribution in [2.75, 3.05) is 33.3 Å². The fourth-order valence-electron chi connectivity index (χ4n) is 3.72. The van der Waals surface area contributed by atoms with Gasteiger partial charge in [-0.3, -0.25) is 9.89 Å². The van der Waals surface area contributed by atoms with Crippen LogP contribution in [0.15, 0.2) is 53.7 Å². The molecule has 174 valence electrons. The summed E-state index contributed by atoms with van der Waals surface area (Å²) in [6.07, 6.45) is -1.59. The average Bonchev–Trinajstić information content (AvgIpc) is 2.81. The number of hydrogen-bond acceptors (Lipinski definition) is 4. The highest BCUT2D eigenvalue weighted by Crippen LogP contribution is 2.29. The largest absolute Gasteiger partial charge is 0.476 e. The summed E-state index contributed by atoms with van der Waals surface area (Å²) >= 11 is 0. The lowest BCUT2D eigenvalue weighted by atomic mass is 10.0. The van der Waals surface area contributed by atoms with E-state index in [1.807, 2.05) is 6.07 Å². The number of alkyl halides is 3. The highest BCUT2D eigenvalue weighted by Gasteiger charge is 2.30. The summed E-state index contributed by atoms with van der Waals surface area (Å²) in [6, 6.07) is 13.4. The minimum Gasteiger partial charge on any atom is -0.476 e. The Balaban J connectivity index is 1.36. The Kier molecular flexibility index (Phi) is 8.33. The molecule has 9 heteroatoms. The summed E-state index contributed by atoms with van der Waals surface area (Å²) in [5.74, 6) is 0.839. The van der Waals surface area contributed by atoms with E-state index in [1.165, 1.54) is 11.6 Å². The SMILES string of the molecule is CN=C(NCCOc1ccc(C(F)(F)F)cn1)NC1CCN(C(C)c2ccccc2)CC1. The first-order valence-corrected chi connectivity index (χ1v) is 10.8. The highest BCUT2D eigenvalue weighted by molar-refractivity contribution is 5.79. The number of hydrogen-bond donors (Lipinski definition) is 2. The monoisotopic (exact) mass is 449 g/mol. The maximum absolute atomic E-state index is 12.6. The van der Waals surface area contributed by atoms with Gasteiger partial charge in [-0.1, -0.05) is 30.3 Å². The number of guanidine groups is 1. The maximum Gasteiger partial charge on any atom is 0.417 e. The van der Waals surface area contributed by atoms with E-state index in [9.17, 15) is 13.2 Å². The van der Waals surface area contributed by atoms with Crippen LogP contribution in [0.4, 0.5) is 13.2 Å². The van der Waals surface area contributed by atoms with Crippen LogP contribution in [0.1, 0.15) is 36.9 Å². The molecule has 0 spiro atoms. The molecule has 1 fully saturated rings. The maximum atomic E-state index is 12.6. The van der Waals surface area contributed by atoms with Gasteiger partial charge in [0.2, 0.25) is 5.88 Å². The van der Waals surface area contributed by atoms with Crippen LogP contribution >= 0.6 is 0 Å². The summed E-state index contributed by atoms with van der Waals surface area (Å²) in [7, 11) is 1.71. The molecule has 1 aliphatic rings. The molecule has 0 amide bonds. The van der Waals surface area contributed by atoms with Gasteiger partial charge < -0.3 is 15.4 Å². The Morgan fingerprint density at radius 2 is 1.91 bits per heavy atom. The number of pyridine rings is 1. The van der Waals surface area contributed by atoms with Crippen LogP contribution < -0.4 is 15.4 Å². The zero-order chi connectivity index (χ0) is 23.0. The number of likely N-dealkylation sites (tertiary alicyclic amines) is 1. The smallest absolute Gasteiger partial charge is 0.417 e. The number of aromatic nitrogens is 1. The number of piperidine rings is 1. The molecular weight excluding hydrogens is 419 g/mol. The predicted molar refractivity (Wildman–Crippen MR) is 119 cm³/mol. The van der Waals surface area contributed by atoms with Gasteiger partial charge in [0, 0.05) is 44.5 Å². The molecule has 0 aliphatic carbocycles. The molecule has 1 atom stereocenters. The molecule has 6 nitrogen and oxygen atoms in total. The van der Waals surface area contributed by atoms with Crippen molar-refractivity contribution in [1.29, 1.82) is 0 Å². The van der Waals surface area contributed by atoms with Crippen LogP contribution in [0.3, 0.4) is 0 Å². The van der Waals surface area contributed by atoms with Crippen molar-refractivity contribution in [3.8, 4) is 5.88 Å². The molecule has 2 heterocycles. The molecule has 2 aromatic rings. The van der Waals surface area contributed by atoms with Gasteiger partial charge in [0.05, 0.1) is 12.1 Å². The third kappa shape index (κ3) is 6.85. The zero-order valence-electron chi connectivity index (χ0n) is 18.4. The van der Waals surface area contributed by atoms with Gasteiger partial charge >= 0.3 is 6.18 Å². The standard InChI is InChI=1S/C23H30F3N5O/c1-17(18-6-4-3-5-7-18)31-13-10-20(11-14-31)30-22(27-2)28-12-15-32-21-9-8-19(16-29-21)23(24,25)26/h3-9,16-17,20H,10-15H2,1-2H3,(H2,27,28,30). The Morgan fingerprint density at radius 1 is 1.19 bits per heavy atom. The van der Waals surface area contributed by atoms with Crippen molar-refractivity contribution in [1.82, 2.24) is 20.5 Å². The van der Waals surface area contributed by atoms with Crippen molar-refractivity contribution >= 4 is 5.96 Å². The van der Waals surface area contributed by atoms with E-state index in [4.69, 9.17) is 4.74 Å². The Bertz CT molecular complexity index is 850. The summed E-state index contributed by atoms with van der Waals surface area (Å²) in [4.78, 5) is 10.4. The van der Waals surface area contributed by atoms with Crippen molar-refractivity contribution in [2.24, 2.45) is 4.99 Å². The van der Waals surface area contributed by atoms with Gasteiger partial charge in [0.25, 0.3) is 0 Å². The van der Waals surface area contributed by atoms with Gasteiger partial charge in [-0.15, -0.1) is 0 Å². The summed E-state index contributed by atoms with van der Waals surface area (Å²) in [5.41, 5.74) is 0.538. The van der Waals surface area contributed by atoms with E-state index in [-0.39, 0.29) is 12.5 Å². The summed E-state index contributed by atoms with van der Waals surface area (Å²) < 4.78 is 43.1. The normalized spacial score (nSPS) is 17.1. The van der Waals surface area contributed by atoms with Crippen LogP contribution in [0, 0.1) is 0 Å². The predicted octanol–water partition coefficient (Wildman–Crippen LogP) is 3.87. The van der Waals surface area contributed by atoms with Gasteiger partial charge in [-0.25, -0.2) is 4.98 Å². The van der Waals surface area contributed by atoms with Crippen LogP contribution in [-0.4, -0.2) is 55.2 Å². The molecule has 1 aromatic heterocycles. The Morgan fingerprint density at radius 3 is 2.50 bits per heavy atom. The fourth-order valence-corrected chi connectivity index (χ4v) is 3.72. The number of benzene rings is 1. The second-order valence-corrected chi connectivity index (χ2v) is 7.77. The van der Waals surface area contributed by atoms with Crippen LogP contribution in [0.2, 0.25) is 0 Å². The van der Waals surface area contributed by atoms with Gasteiger partial charge in [-0.2, -0.15) is 13.2 Å². The van der Waals surface area contributed by atoms with Crippen molar-refractivity contribution in [3.05, 3.63) is 59.8 Å². The van der Waals surface area contributed by atoms with E-state index in [0.29, 0.717) is 24.6 Å². The Labute approximate surface area is 186 Å². The number of aliphatic imine (C=N–C) groups is 1. The first kappa shape index (κ1) is 23.8. The molecule has 0 radical (unpaired) electrons. The number of rotatable bonds is 7. The van der Waals surface area contributed by atoms with Crippen molar-refractivity contribution < 1.29 is 17.9 Å². The number of halogens is 3. The van der Waals surface area contributed by atoms with Gasteiger partial charge in [0.1, 0.15) is 6.61 Å². The third-order valence-electron chi connectivity index (χ3n) is 5.63. The second-order valence-electron chi connectivity index (χ2n) is 7.77. The quantitative estimate of drug-likeness (QED) is 0.382. The van der Waals surface area contributed by atoms with Gasteiger partial charge in [-0.05, 0) is 31.4 Å². The molecule has 3 rings (SSSR count). The summed E-state index contributed by atoms with van der Waals surface area (Å²) in [5, 5.41) is 6.62. The minimum absolute atomic E-state index is 0.155. The second kappa shape index (κ2) is 11.2. The van der Waals surface area contributed by atoms with Crippen molar-refractivity contribution in [3.63, 3.8) is 0 Å². The van der Waals surface area contributed by atoms with Crippen LogP contribution in [0.5, 0.6) is 5.88 Å². The molecule has 32 heavy (non-hydrogen) atoms. The molecular formula is C23H30F3N5O. The highest BCUT2D eigenvalue weighted by atomic mass is 19.4. The molecule has 1 saturated heterocycles. The van der Waals surface area contributed by atoms with E-state index in [0.717, 1.165) is 38.2 Å². The van der Waals surface area contributed by atoms with E-state index in [2.05, 4.69) is 56.7 Å². The third-order valence-corrected chi connectivity index (χ3v) is 5.63. The van der Waals surface area contributed by atoms with Crippen molar-refractivity contribution in [2.45, 2.75) is 38.0 Å². The van der Waals surface area contributed by atoms with Gasteiger partial charge in [0.15, 0.2) is 5.96 Å². The molecule has 0 saturated carbocycles. The lowest BCUT2D eigenvalue weighted by molar-refractivity contribution is -0.137. The Hall–Kier alpha value is -2.81. The number of nitrogens with one attached hydrogen (secondary N) is 2. The minimum atomic E-state index is -4.40. The topological polar surface area (TPSA) is 61.8 Å². The average molecular weight is 450 g/mol. The zero-order valence-corrected chi connectivity index (χ0v) is 18.4. The van der Waals surface area contributed by atoms with Crippen LogP contribution in [-0.2, 0) is 6.18 Å². The van der Waals surface area contributed by atoms with E-state index < -0.39 is 11.7 Å². The molecule has 0 bridgehead atoms. The molecule has 1 aliphatic heterocycles. The molecule has 2 N–H and O–H groups in total. The lowest BCUT2D eigenvalue weighted by Gasteiger charge is -2.37. The number of nitrogens with zero attached hydrogens (tertiary/aromatic N) is 3. The molecule has 1 aromatic carbocycles. The first-order chi connectivity index (χ1) is 15.4.